The molecule has 1 aromatic carbocycles. The fraction of sp³-hybridized carbons (Fsp3) is 0.333. The Bertz CT molecular complexity index is 970. The summed E-state index contributed by atoms with van der Waals surface area (Å²) in [6.07, 6.45) is -5.05. The first-order valence-electron chi connectivity index (χ1n) is 7.28. The van der Waals surface area contributed by atoms with Crippen LogP contribution in [0.2, 0.25) is 0 Å². The largest absolute Gasteiger partial charge is 0.433 e. The lowest BCUT2D eigenvalue weighted by Crippen LogP contribution is -2.23. The number of benzene rings is 1. The highest BCUT2D eigenvalue weighted by Gasteiger charge is 2.35. The molecule has 1 heterocycles. The molecule has 0 unspecified atom stereocenters. The Morgan fingerprint density at radius 1 is 1.19 bits per heavy atom. The maximum absolute atomic E-state index is 13.9. The van der Waals surface area contributed by atoms with Crippen molar-refractivity contribution in [1.29, 1.82) is 0 Å². The van der Waals surface area contributed by atoms with E-state index in [1.54, 1.807) is 0 Å². The maximum atomic E-state index is 13.9. The van der Waals surface area contributed by atoms with Crippen molar-refractivity contribution < 1.29 is 30.4 Å². The highest BCUT2D eigenvalue weighted by Crippen LogP contribution is 2.31. The van der Waals surface area contributed by atoms with Crippen molar-refractivity contribution in [2.45, 2.75) is 30.5 Å². The zero-order chi connectivity index (χ0) is 19.7. The Morgan fingerprint density at radius 3 is 2.38 bits per heavy atom. The van der Waals surface area contributed by atoms with Crippen LogP contribution in [-0.4, -0.2) is 18.4 Å². The summed E-state index contributed by atoms with van der Waals surface area (Å²) < 4.78 is 90.1. The van der Waals surface area contributed by atoms with Crippen molar-refractivity contribution in [3.05, 3.63) is 63.3 Å². The van der Waals surface area contributed by atoms with Gasteiger partial charge in [-0.3, -0.25) is 4.79 Å². The predicted octanol–water partition coefficient (Wildman–Crippen LogP) is 3.13. The quantitative estimate of drug-likeness (QED) is 0.788. The molecule has 0 amide bonds. The van der Waals surface area contributed by atoms with Crippen molar-refractivity contribution in [3.63, 3.8) is 0 Å². The van der Waals surface area contributed by atoms with E-state index in [-0.39, 0.29) is 18.1 Å². The third-order valence-electron chi connectivity index (χ3n) is 3.53. The van der Waals surface area contributed by atoms with E-state index in [1.807, 2.05) is 4.98 Å². The minimum Gasteiger partial charge on any atom is -0.310 e. The van der Waals surface area contributed by atoms with Gasteiger partial charge in [-0.05, 0) is 12.5 Å². The van der Waals surface area contributed by atoms with Gasteiger partial charge in [-0.1, -0.05) is 13.0 Å². The van der Waals surface area contributed by atoms with Gasteiger partial charge in [-0.25, -0.2) is 22.2 Å². The van der Waals surface area contributed by atoms with Gasteiger partial charge in [0.15, 0.2) is 15.5 Å². The number of halogens is 5. The Labute approximate surface area is 144 Å². The molecule has 0 aliphatic rings. The lowest BCUT2D eigenvalue weighted by molar-refractivity contribution is -0.141. The summed E-state index contributed by atoms with van der Waals surface area (Å²) in [6.45, 7) is 1.42. The molecule has 1 atom stereocenters. The molecular formula is C15H13F5N2O3S. The molecular weight excluding hydrogens is 383 g/mol. The van der Waals surface area contributed by atoms with Gasteiger partial charge in [0.25, 0.3) is 5.56 Å². The summed E-state index contributed by atoms with van der Waals surface area (Å²) in [4.78, 5) is 16.4. The van der Waals surface area contributed by atoms with E-state index in [0.717, 1.165) is 12.1 Å². The average Bonchev–Trinajstić information content (AvgIpc) is 2.48. The second-order valence-corrected chi connectivity index (χ2v) is 7.63. The number of nitrogens with one attached hydrogen (secondary N) is 1. The van der Waals surface area contributed by atoms with Crippen molar-refractivity contribution in [2.75, 3.05) is 0 Å². The second-order valence-electron chi connectivity index (χ2n) is 5.45. The third kappa shape index (κ3) is 4.45. The molecule has 0 saturated carbocycles. The topological polar surface area (TPSA) is 79.9 Å². The zero-order valence-electron chi connectivity index (χ0n) is 13.3. The van der Waals surface area contributed by atoms with E-state index >= 15 is 0 Å². The Balaban J connectivity index is 2.44. The van der Waals surface area contributed by atoms with Crippen LogP contribution in [0.25, 0.3) is 0 Å². The lowest BCUT2D eigenvalue weighted by atomic mass is 10.1. The van der Waals surface area contributed by atoms with Crippen LogP contribution in [0, 0.1) is 11.6 Å². The summed E-state index contributed by atoms with van der Waals surface area (Å²) in [5, 5.41) is -1.44. The van der Waals surface area contributed by atoms with E-state index in [9.17, 15) is 35.2 Å². The van der Waals surface area contributed by atoms with Gasteiger partial charge in [0.1, 0.15) is 23.2 Å². The number of aromatic nitrogens is 2. The first kappa shape index (κ1) is 20.0. The van der Waals surface area contributed by atoms with Crippen LogP contribution in [0.3, 0.4) is 0 Å². The highest BCUT2D eigenvalue weighted by atomic mass is 32.2. The molecule has 5 nitrogen and oxygen atoms in total. The molecule has 2 aromatic rings. The first-order chi connectivity index (χ1) is 11.9. The van der Waals surface area contributed by atoms with Gasteiger partial charge in [-0.15, -0.1) is 0 Å². The molecule has 142 valence electrons. The zero-order valence-corrected chi connectivity index (χ0v) is 14.1. The standard InChI is InChI=1S/C15H13F5N2O3S/c1-2-11(9-4-3-8(16)5-10(9)17)26(24,25)7-13-21-12(15(18,19)20)6-14(23)22-13/h3-6,11H,2,7H2,1H3,(H,21,22,23)/t11-/m0/s1. The fourth-order valence-corrected chi connectivity index (χ4v) is 4.25. The monoisotopic (exact) mass is 396 g/mol. The Kier molecular flexibility index (Phi) is 5.49. The molecule has 1 N–H and O–H groups in total. The van der Waals surface area contributed by atoms with Crippen molar-refractivity contribution in [2.24, 2.45) is 0 Å². The number of sulfone groups is 1. The molecule has 0 saturated heterocycles. The average molecular weight is 396 g/mol. The molecule has 2 rings (SSSR count). The normalized spacial score (nSPS) is 13.6. The number of nitrogens with zero attached hydrogens (tertiary/aromatic N) is 1. The number of hydrogen-bond acceptors (Lipinski definition) is 4. The number of H-pyrrole nitrogens is 1. The lowest BCUT2D eigenvalue weighted by Gasteiger charge is -2.17. The smallest absolute Gasteiger partial charge is 0.310 e. The van der Waals surface area contributed by atoms with Crippen molar-refractivity contribution in [3.8, 4) is 0 Å². The van der Waals surface area contributed by atoms with Crippen LogP contribution >= 0.6 is 0 Å². The van der Waals surface area contributed by atoms with Gasteiger partial charge < -0.3 is 4.98 Å². The van der Waals surface area contributed by atoms with Crippen molar-refractivity contribution in [1.82, 2.24) is 9.97 Å². The minimum atomic E-state index is -4.93. The molecule has 11 heteroatoms. The van der Waals surface area contributed by atoms with Crippen LogP contribution in [0.15, 0.2) is 29.1 Å². The number of aromatic amines is 1. The predicted molar refractivity (Wildman–Crippen MR) is 81.9 cm³/mol. The van der Waals surface area contributed by atoms with E-state index < -0.39 is 55.7 Å². The van der Waals surface area contributed by atoms with E-state index in [2.05, 4.69) is 4.98 Å². The highest BCUT2D eigenvalue weighted by molar-refractivity contribution is 7.90. The van der Waals surface area contributed by atoms with Crippen LogP contribution in [0.4, 0.5) is 22.0 Å². The molecule has 26 heavy (non-hydrogen) atoms. The Hall–Kier alpha value is -2.30. The van der Waals surface area contributed by atoms with Gasteiger partial charge in [-0.2, -0.15) is 13.2 Å². The molecule has 1 aromatic heterocycles. The summed E-state index contributed by atoms with van der Waals surface area (Å²) in [6, 6.07) is 2.55. The maximum Gasteiger partial charge on any atom is 0.433 e. The molecule has 0 aliphatic carbocycles. The SMILES string of the molecule is CC[C@@H](c1ccc(F)cc1F)S(=O)(=O)Cc1nc(C(F)(F)F)cc(=O)[nH]1. The number of alkyl halides is 3. The first-order valence-corrected chi connectivity index (χ1v) is 8.99. The van der Waals surface area contributed by atoms with Gasteiger partial charge in [0.05, 0.1) is 5.25 Å². The Morgan fingerprint density at radius 2 is 1.85 bits per heavy atom. The summed E-state index contributed by atoms with van der Waals surface area (Å²) >= 11 is 0. The minimum absolute atomic E-state index is 0.117. The van der Waals surface area contributed by atoms with Gasteiger partial charge >= 0.3 is 6.18 Å². The van der Waals surface area contributed by atoms with Crippen molar-refractivity contribution >= 4 is 9.84 Å². The molecule has 0 radical (unpaired) electrons. The van der Waals surface area contributed by atoms with Crippen LogP contribution in [-0.2, 0) is 21.8 Å². The summed E-state index contributed by atoms with van der Waals surface area (Å²) in [5.41, 5.74) is -3.02. The van der Waals surface area contributed by atoms with Crippen LogP contribution in [0.1, 0.15) is 35.7 Å². The summed E-state index contributed by atoms with van der Waals surface area (Å²) in [7, 11) is -4.26. The van der Waals surface area contributed by atoms with Crippen LogP contribution < -0.4 is 5.56 Å². The van der Waals surface area contributed by atoms with E-state index in [0.29, 0.717) is 6.07 Å². The van der Waals surface area contributed by atoms with E-state index in [4.69, 9.17) is 0 Å². The van der Waals surface area contributed by atoms with E-state index in [1.165, 1.54) is 6.92 Å². The molecule has 0 fully saturated rings. The van der Waals surface area contributed by atoms with Gasteiger partial charge in [0.2, 0.25) is 0 Å². The molecule has 0 bridgehead atoms. The fourth-order valence-electron chi connectivity index (χ4n) is 2.44. The number of hydrogen-bond donors (Lipinski definition) is 1. The van der Waals surface area contributed by atoms with Gasteiger partial charge in [0, 0.05) is 17.7 Å². The number of rotatable bonds is 5. The van der Waals surface area contributed by atoms with Crippen LogP contribution in [0.5, 0.6) is 0 Å². The second kappa shape index (κ2) is 7.14. The molecule has 0 spiro atoms. The molecule has 0 aliphatic heterocycles. The summed E-state index contributed by atoms with van der Waals surface area (Å²) in [5.74, 6) is -3.75. The third-order valence-corrected chi connectivity index (χ3v) is 5.66.